The van der Waals surface area contributed by atoms with E-state index < -0.39 is 36.3 Å². The van der Waals surface area contributed by atoms with Gasteiger partial charge in [-0.25, -0.2) is 9.69 Å². The summed E-state index contributed by atoms with van der Waals surface area (Å²) in [6.45, 7) is 2.64. The van der Waals surface area contributed by atoms with Gasteiger partial charge in [0.1, 0.15) is 18.0 Å². The third-order valence-corrected chi connectivity index (χ3v) is 3.58. The van der Waals surface area contributed by atoms with Crippen LogP contribution in [0.3, 0.4) is 0 Å². The molecule has 5 amide bonds. The zero-order chi connectivity index (χ0) is 18.7. The number of ether oxygens (including phenoxy) is 2. The van der Waals surface area contributed by atoms with Crippen molar-refractivity contribution in [3.8, 4) is 11.5 Å². The molecule has 0 spiro atoms. The molecule has 1 aromatic carbocycles. The molecule has 1 aliphatic heterocycles. The molecule has 9 heteroatoms. The molecule has 0 unspecified atom stereocenters. The lowest BCUT2D eigenvalue weighted by molar-refractivity contribution is -0.144. The molecular weight excluding hydrogens is 330 g/mol. The van der Waals surface area contributed by atoms with Gasteiger partial charge in [-0.3, -0.25) is 19.3 Å². The number of carbonyl (C=O) groups excluding carboxylic acids is 4. The molecule has 1 aromatic rings. The van der Waals surface area contributed by atoms with E-state index in [1.54, 1.807) is 32.0 Å². The van der Waals surface area contributed by atoms with Gasteiger partial charge in [-0.1, -0.05) is 0 Å². The SMILES string of the molecule is COc1ccc(NC(=O)CN2C(=O)C(=O)N(C(C)C)C2=O)c(OC)c1. The van der Waals surface area contributed by atoms with Crippen molar-refractivity contribution in [2.24, 2.45) is 0 Å². The molecule has 0 bridgehead atoms. The van der Waals surface area contributed by atoms with E-state index in [1.165, 1.54) is 14.2 Å². The quantitative estimate of drug-likeness (QED) is 0.603. The van der Waals surface area contributed by atoms with Crippen LogP contribution in [0.5, 0.6) is 11.5 Å². The predicted molar refractivity (Wildman–Crippen MR) is 87.3 cm³/mol. The van der Waals surface area contributed by atoms with Crippen LogP contribution in [0.1, 0.15) is 13.8 Å². The van der Waals surface area contributed by atoms with Gasteiger partial charge in [-0.05, 0) is 26.0 Å². The van der Waals surface area contributed by atoms with Crippen molar-refractivity contribution in [3.63, 3.8) is 0 Å². The van der Waals surface area contributed by atoms with E-state index in [4.69, 9.17) is 9.47 Å². The van der Waals surface area contributed by atoms with E-state index in [2.05, 4.69) is 5.32 Å². The third-order valence-electron chi connectivity index (χ3n) is 3.58. The first-order valence-electron chi connectivity index (χ1n) is 7.51. The number of urea groups is 1. The lowest BCUT2D eigenvalue weighted by Gasteiger charge is -2.18. The molecule has 25 heavy (non-hydrogen) atoms. The molecule has 134 valence electrons. The van der Waals surface area contributed by atoms with Crippen LogP contribution < -0.4 is 14.8 Å². The Balaban J connectivity index is 2.12. The Bertz CT molecular complexity index is 731. The van der Waals surface area contributed by atoms with Crippen molar-refractivity contribution in [1.29, 1.82) is 0 Å². The van der Waals surface area contributed by atoms with Gasteiger partial charge in [0.2, 0.25) is 5.91 Å². The topological polar surface area (TPSA) is 105 Å². The second kappa shape index (κ2) is 7.20. The second-order valence-electron chi connectivity index (χ2n) is 5.56. The molecule has 0 saturated carbocycles. The molecule has 0 atom stereocenters. The molecule has 1 fully saturated rings. The highest BCUT2D eigenvalue weighted by Gasteiger charge is 2.46. The van der Waals surface area contributed by atoms with Crippen molar-refractivity contribution < 1.29 is 28.7 Å². The van der Waals surface area contributed by atoms with Crippen LogP contribution in [0.15, 0.2) is 18.2 Å². The van der Waals surface area contributed by atoms with Crippen molar-refractivity contribution in [2.45, 2.75) is 19.9 Å². The Morgan fingerprint density at radius 3 is 2.32 bits per heavy atom. The van der Waals surface area contributed by atoms with E-state index in [-0.39, 0.29) is 0 Å². The van der Waals surface area contributed by atoms with Crippen LogP contribution >= 0.6 is 0 Å². The van der Waals surface area contributed by atoms with E-state index in [0.717, 1.165) is 4.90 Å². The molecule has 0 aromatic heterocycles. The standard InChI is InChI=1S/C16H19N3O6/c1-9(2)19-15(22)14(21)18(16(19)23)8-13(20)17-11-6-5-10(24-3)7-12(11)25-4/h5-7,9H,8H2,1-4H3,(H,17,20). The third kappa shape index (κ3) is 3.54. The smallest absolute Gasteiger partial charge is 0.334 e. The summed E-state index contributed by atoms with van der Waals surface area (Å²) in [6, 6.07) is 3.48. The Morgan fingerprint density at radius 1 is 1.12 bits per heavy atom. The Kier molecular flexibility index (Phi) is 5.26. The van der Waals surface area contributed by atoms with E-state index in [9.17, 15) is 19.2 Å². The summed E-state index contributed by atoms with van der Waals surface area (Å²) in [5.74, 6) is -1.70. The number of rotatable bonds is 6. The first-order chi connectivity index (χ1) is 11.8. The van der Waals surface area contributed by atoms with Gasteiger partial charge in [0.25, 0.3) is 0 Å². The van der Waals surface area contributed by atoms with Gasteiger partial charge in [0.05, 0.1) is 19.9 Å². The lowest BCUT2D eigenvalue weighted by atomic mass is 10.2. The number of benzene rings is 1. The minimum absolute atomic E-state index is 0.347. The molecule has 1 N–H and O–H groups in total. The summed E-state index contributed by atoms with van der Waals surface area (Å²) in [4.78, 5) is 49.5. The number of methoxy groups -OCH3 is 2. The summed E-state index contributed by atoms with van der Waals surface area (Å²) >= 11 is 0. The molecule has 9 nitrogen and oxygen atoms in total. The van der Waals surface area contributed by atoms with Crippen LogP contribution in [-0.4, -0.2) is 60.4 Å². The molecule has 0 aliphatic carbocycles. The zero-order valence-corrected chi connectivity index (χ0v) is 14.4. The summed E-state index contributed by atoms with van der Waals surface area (Å²) in [5, 5.41) is 2.54. The summed E-state index contributed by atoms with van der Waals surface area (Å²) in [5.41, 5.74) is 0.347. The van der Waals surface area contributed by atoms with Crippen LogP contribution in [-0.2, 0) is 14.4 Å². The Hall–Kier alpha value is -3.10. The second-order valence-corrected chi connectivity index (χ2v) is 5.56. The molecule has 0 radical (unpaired) electrons. The van der Waals surface area contributed by atoms with Crippen molar-refractivity contribution in [3.05, 3.63) is 18.2 Å². The van der Waals surface area contributed by atoms with Crippen LogP contribution in [0.2, 0.25) is 0 Å². The fourth-order valence-electron chi connectivity index (χ4n) is 2.35. The van der Waals surface area contributed by atoms with Crippen molar-refractivity contribution in [1.82, 2.24) is 9.80 Å². The average molecular weight is 349 g/mol. The Morgan fingerprint density at radius 2 is 1.80 bits per heavy atom. The van der Waals surface area contributed by atoms with Crippen LogP contribution in [0.25, 0.3) is 0 Å². The maximum absolute atomic E-state index is 12.2. The Labute approximate surface area is 144 Å². The van der Waals surface area contributed by atoms with Crippen molar-refractivity contribution in [2.75, 3.05) is 26.1 Å². The van der Waals surface area contributed by atoms with Gasteiger partial charge in [0.15, 0.2) is 0 Å². The van der Waals surface area contributed by atoms with E-state index >= 15 is 0 Å². The van der Waals surface area contributed by atoms with Gasteiger partial charge in [-0.15, -0.1) is 0 Å². The number of nitrogens with zero attached hydrogens (tertiary/aromatic N) is 2. The maximum atomic E-state index is 12.2. The molecular formula is C16H19N3O6. The number of nitrogens with one attached hydrogen (secondary N) is 1. The van der Waals surface area contributed by atoms with E-state index in [0.29, 0.717) is 22.1 Å². The maximum Gasteiger partial charge on any atom is 0.334 e. The fourth-order valence-corrected chi connectivity index (χ4v) is 2.35. The summed E-state index contributed by atoms with van der Waals surface area (Å²) in [6.07, 6.45) is 0. The fraction of sp³-hybridized carbons (Fsp3) is 0.375. The monoisotopic (exact) mass is 349 g/mol. The predicted octanol–water partition coefficient (Wildman–Crippen LogP) is 0.841. The zero-order valence-electron chi connectivity index (χ0n) is 14.4. The number of imide groups is 2. The van der Waals surface area contributed by atoms with Gasteiger partial charge >= 0.3 is 17.8 Å². The minimum atomic E-state index is -1.02. The number of hydrogen-bond donors (Lipinski definition) is 1. The number of amides is 5. The first-order valence-corrected chi connectivity index (χ1v) is 7.51. The lowest BCUT2D eigenvalue weighted by Crippen LogP contribution is -2.40. The molecule has 1 heterocycles. The number of anilines is 1. The largest absolute Gasteiger partial charge is 0.497 e. The molecule has 1 aliphatic rings. The highest BCUT2D eigenvalue weighted by atomic mass is 16.5. The first kappa shape index (κ1) is 18.2. The number of carbonyl (C=O) groups is 4. The van der Waals surface area contributed by atoms with Gasteiger partial charge in [-0.2, -0.15) is 0 Å². The number of hydrogen-bond acceptors (Lipinski definition) is 6. The van der Waals surface area contributed by atoms with E-state index in [1.807, 2.05) is 0 Å². The minimum Gasteiger partial charge on any atom is -0.497 e. The molecule has 2 rings (SSSR count). The van der Waals surface area contributed by atoms with Gasteiger partial charge in [0, 0.05) is 12.1 Å². The van der Waals surface area contributed by atoms with Gasteiger partial charge < -0.3 is 14.8 Å². The summed E-state index contributed by atoms with van der Waals surface area (Å²) < 4.78 is 10.2. The normalized spacial score (nSPS) is 14.4. The molecule has 1 saturated heterocycles. The highest BCUT2D eigenvalue weighted by molar-refractivity contribution is 6.45. The van der Waals surface area contributed by atoms with Crippen LogP contribution in [0.4, 0.5) is 10.5 Å². The van der Waals surface area contributed by atoms with Crippen molar-refractivity contribution >= 4 is 29.4 Å². The highest BCUT2D eigenvalue weighted by Crippen LogP contribution is 2.29. The average Bonchev–Trinajstić information content (AvgIpc) is 2.78. The summed E-state index contributed by atoms with van der Waals surface area (Å²) in [7, 11) is 2.92. The van der Waals surface area contributed by atoms with Crippen LogP contribution in [0, 0.1) is 0 Å².